The molecule has 0 N–H and O–H groups in total. The molecule has 44 heavy (non-hydrogen) atoms. The van der Waals surface area contributed by atoms with E-state index in [1.54, 1.807) is 11.3 Å². The maximum Gasteiger partial charge on any atom is 0.268 e. The minimum absolute atomic E-state index is 0.0290. The number of nitrogens with zero attached hydrogens (tertiary/aromatic N) is 1. The van der Waals surface area contributed by atoms with Gasteiger partial charge >= 0.3 is 0 Å². The number of hydrogen-bond acceptors (Lipinski definition) is 3. The molecule has 0 radical (unpaired) electrons. The van der Waals surface area contributed by atoms with Gasteiger partial charge in [-0.3, -0.25) is 0 Å². The summed E-state index contributed by atoms with van der Waals surface area (Å²) in [5, 5.41) is 1.02. The molecule has 1 aromatic heterocycles. The first-order valence-electron chi connectivity index (χ1n) is 15.6. The van der Waals surface area contributed by atoms with Gasteiger partial charge < -0.3 is 9.64 Å². The molecule has 2 nitrogen and oxygen atoms in total. The lowest BCUT2D eigenvalue weighted by molar-refractivity contribution is 0.330. The van der Waals surface area contributed by atoms with Crippen LogP contribution in [0.15, 0.2) is 66.7 Å². The second-order valence-electron chi connectivity index (χ2n) is 15.1. The van der Waals surface area contributed by atoms with Gasteiger partial charge in [-0.25, -0.2) is 8.78 Å². The van der Waals surface area contributed by atoms with Crippen LogP contribution in [0.3, 0.4) is 0 Å². The number of anilines is 3. The van der Waals surface area contributed by atoms with E-state index in [0.29, 0.717) is 0 Å². The van der Waals surface area contributed by atoms with E-state index < -0.39 is 11.6 Å². The molecule has 0 saturated carbocycles. The number of halogens is 2. The Bertz CT molecular complexity index is 2020. The van der Waals surface area contributed by atoms with Crippen LogP contribution in [0.1, 0.15) is 78.0 Å². The Morgan fingerprint density at radius 2 is 1.45 bits per heavy atom. The molecule has 6 heteroatoms. The third kappa shape index (κ3) is 3.82. The Hall–Kier alpha value is -3.64. The molecule has 0 bridgehead atoms. The summed E-state index contributed by atoms with van der Waals surface area (Å²) in [4.78, 5) is 1.82. The lowest BCUT2D eigenvalue weighted by Crippen LogP contribution is -2.59. The van der Waals surface area contributed by atoms with Crippen LogP contribution in [0.25, 0.3) is 10.1 Å². The van der Waals surface area contributed by atoms with Crippen molar-refractivity contribution in [3.05, 3.63) is 95.1 Å². The van der Waals surface area contributed by atoms with Gasteiger partial charge in [-0.15, -0.1) is 11.3 Å². The highest BCUT2D eigenvalue weighted by Crippen LogP contribution is 2.50. The number of benzene rings is 4. The molecule has 0 saturated heterocycles. The molecule has 0 unspecified atom stereocenters. The monoisotopic (exact) mass is 603 g/mol. The predicted molar refractivity (Wildman–Crippen MR) is 182 cm³/mol. The maximum absolute atomic E-state index is 15.8. The van der Waals surface area contributed by atoms with Crippen molar-refractivity contribution in [3.8, 4) is 11.5 Å². The molecule has 0 atom stereocenters. The molecule has 8 rings (SSSR count). The number of ether oxygens (including phenoxy) is 1. The molecule has 3 aliphatic rings. The molecule has 5 aromatic rings. The average Bonchev–Trinajstić information content (AvgIpc) is 3.34. The minimum Gasteiger partial charge on any atom is -0.458 e. The summed E-state index contributed by atoms with van der Waals surface area (Å²) >= 11 is 1.73. The van der Waals surface area contributed by atoms with Crippen LogP contribution in [0.5, 0.6) is 11.5 Å². The largest absolute Gasteiger partial charge is 0.458 e. The van der Waals surface area contributed by atoms with Crippen LogP contribution in [0.4, 0.5) is 25.8 Å². The quantitative estimate of drug-likeness (QED) is 0.174. The third-order valence-corrected chi connectivity index (χ3v) is 11.5. The highest BCUT2D eigenvalue weighted by atomic mass is 32.1. The Kier molecular flexibility index (Phi) is 5.68. The molecule has 4 aromatic carbocycles. The topological polar surface area (TPSA) is 12.5 Å². The van der Waals surface area contributed by atoms with Gasteiger partial charge in [0.2, 0.25) is 0 Å². The van der Waals surface area contributed by atoms with E-state index in [1.807, 2.05) is 23.1 Å². The summed E-state index contributed by atoms with van der Waals surface area (Å²) < 4.78 is 40.5. The summed E-state index contributed by atoms with van der Waals surface area (Å²) in [6.45, 7) is 15.8. The van der Waals surface area contributed by atoms with Crippen molar-refractivity contribution >= 4 is 60.9 Å². The summed E-state index contributed by atoms with van der Waals surface area (Å²) in [7, 11) is 0. The molecule has 2 aliphatic heterocycles. The van der Waals surface area contributed by atoms with Gasteiger partial charge in [0.25, 0.3) is 6.71 Å². The van der Waals surface area contributed by atoms with Gasteiger partial charge in [-0.2, -0.15) is 0 Å². The third-order valence-electron chi connectivity index (χ3n) is 10.3. The molecule has 0 amide bonds. The molecule has 0 fully saturated rings. The Morgan fingerprint density at radius 1 is 0.795 bits per heavy atom. The van der Waals surface area contributed by atoms with Gasteiger partial charge in [0.05, 0.1) is 5.69 Å². The number of fused-ring (bicyclic) bond motifs is 7. The summed E-state index contributed by atoms with van der Waals surface area (Å²) in [6.07, 6.45) is 2.24. The lowest BCUT2D eigenvalue weighted by atomic mass is 9.36. The molecule has 0 spiro atoms. The molecule has 3 heterocycles. The fourth-order valence-corrected chi connectivity index (χ4v) is 8.93. The zero-order valence-electron chi connectivity index (χ0n) is 26.4. The maximum atomic E-state index is 15.8. The van der Waals surface area contributed by atoms with Crippen molar-refractivity contribution in [2.24, 2.45) is 0 Å². The van der Waals surface area contributed by atoms with Crippen molar-refractivity contribution in [2.75, 3.05) is 4.90 Å². The Balaban J connectivity index is 1.48. The number of thiophene rings is 1. The highest BCUT2D eigenvalue weighted by Gasteiger charge is 2.47. The average molecular weight is 604 g/mol. The van der Waals surface area contributed by atoms with Gasteiger partial charge in [0.15, 0.2) is 0 Å². The lowest BCUT2D eigenvalue weighted by Gasteiger charge is -2.44. The van der Waals surface area contributed by atoms with Crippen molar-refractivity contribution in [1.29, 1.82) is 0 Å². The van der Waals surface area contributed by atoms with E-state index in [-0.39, 0.29) is 28.6 Å². The van der Waals surface area contributed by atoms with Crippen LogP contribution in [-0.2, 0) is 16.2 Å². The second-order valence-corrected chi connectivity index (χ2v) is 16.2. The second kappa shape index (κ2) is 8.97. The van der Waals surface area contributed by atoms with Crippen LogP contribution >= 0.6 is 11.3 Å². The van der Waals surface area contributed by atoms with E-state index in [9.17, 15) is 0 Å². The number of rotatable bonds is 1. The van der Waals surface area contributed by atoms with E-state index in [0.717, 1.165) is 61.5 Å². The van der Waals surface area contributed by atoms with Crippen LogP contribution in [0.2, 0.25) is 0 Å². The van der Waals surface area contributed by atoms with Gasteiger partial charge in [-0.05, 0) is 99.2 Å². The first-order chi connectivity index (χ1) is 20.8. The molecular formula is C38H36BF2NOS. The van der Waals surface area contributed by atoms with Crippen LogP contribution in [0, 0.1) is 11.6 Å². The minimum atomic E-state index is -0.589. The van der Waals surface area contributed by atoms with E-state index >= 15 is 8.78 Å². The summed E-state index contributed by atoms with van der Waals surface area (Å²) in [5.41, 5.74) is 7.56. The SMILES string of the molecule is CC(C)(C)c1ccc2sc3c(c2c1)N(c1c(F)cccc1F)c1cccc2c1B3c1cc3c(cc1O2)C(C)(C)CCC3(C)C. The van der Waals surface area contributed by atoms with E-state index in [1.165, 1.54) is 34.9 Å². The van der Waals surface area contributed by atoms with E-state index in [4.69, 9.17) is 4.74 Å². The van der Waals surface area contributed by atoms with Crippen LogP contribution in [-0.4, -0.2) is 6.71 Å². The normalized spacial score (nSPS) is 17.5. The highest BCUT2D eigenvalue weighted by molar-refractivity contribution is 7.33. The van der Waals surface area contributed by atoms with Gasteiger partial charge in [0.1, 0.15) is 28.8 Å². The van der Waals surface area contributed by atoms with Crippen molar-refractivity contribution < 1.29 is 13.5 Å². The molecule has 1 aliphatic carbocycles. The number of para-hydroxylation sites is 1. The van der Waals surface area contributed by atoms with E-state index in [2.05, 4.69) is 78.8 Å². The Morgan fingerprint density at radius 3 is 2.14 bits per heavy atom. The Labute approximate surface area is 262 Å². The summed E-state index contributed by atoms with van der Waals surface area (Å²) in [6, 6.07) is 21.3. The fourth-order valence-electron chi connectivity index (χ4n) is 7.63. The van der Waals surface area contributed by atoms with Gasteiger partial charge in [-0.1, -0.05) is 72.7 Å². The molecule has 222 valence electrons. The first-order valence-corrected chi connectivity index (χ1v) is 16.4. The fraction of sp³-hybridized carbons (Fsp3) is 0.316. The first kappa shape index (κ1) is 27.9. The zero-order chi connectivity index (χ0) is 30.9. The standard InChI is InChI=1S/C38H36BF2NOS/c1-36(2,3)21-14-15-31-22(18-21)33-35(44-31)39-25-19-23-24(38(6,7)17-16-37(23,4)5)20-30(25)43-29-13-9-12-28(32(29)39)42(33)34-26(40)10-8-11-27(34)41/h8-15,18-20H,16-17H2,1-7H3. The van der Waals surface area contributed by atoms with Crippen molar-refractivity contribution in [2.45, 2.75) is 77.6 Å². The predicted octanol–water partition coefficient (Wildman–Crippen LogP) is 9.23. The molecular weight excluding hydrogens is 567 g/mol. The zero-order valence-corrected chi connectivity index (χ0v) is 27.2. The smallest absolute Gasteiger partial charge is 0.268 e. The summed E-state index contributed by atoms with van der Waals surface area (Å²) in [5.74, 6) is 0.448. The van der Waals surface area contributed by atoms with Gasteiger partial charge in [0, 0.05) is 20.6 Å². The van der Waals surface area contributed by atoms with Crippen LogP contribution < -0.4 is 25.3 Å². The van der Waals surface area contributed by atoms with Crippen molar-refractivity contribution in [1.82, 2.24) is 0 Å². The number of hydrogen-bond donors (Lipinski definition) is 0. The van der Waals surface area contributed by atoms with Crippen molar-refractivity contribution in [3.63, 3.8) is 0 Å².